The molecule has 3 N–H and O–H groups in total. The van der Waals surface area contributed by atoms with E-state index in [2.05, 4.69) is 43.5 Å². The zero-order valence-corrected chi connectivity index (χ0v) is 55.0. The summed E-state index contributed by atoms with van der Waals surface area (Å²) >= 11 is 0. The topological polar surface area (TPSA) is 95.9 Å². The van der Waals surface area contributed by atoms with Gasteiger partial charge in [-0.3, -0.25) is 9.59 Å². The van der Waals surface area contributed by atoms with Crippen molar-refractivity contribution in [2.45, 2.75) is 431 Å². The lowest BCUT2D eigenvalue weighted by molar-refractivity contribution is -0.143. The Labute approximate surface area is 507 Å². The highest BCUT2D eigenvalue weighted by Crippen LogP contribution is 2.19. The van der Waals surface area contributed by atoms with Crippen LogP contribution in [-0.4, -0.2) is 47.4 Å². The highest BCUT2D eigenvalue weighted by atomic mass is 16.5. The number of hydrogen-bond donors (Lipinski definition) is 3. The summed E-state index contributed by atoms with van der Waals surface area (Å²) in [5, 5.41) is 23.4. The van der Waals surface area contributed by atoms with Crippen molar-refractivity contribution in [3.63, 3.8) is 0 Å². The minimum Gasteiger partial charge on any atom is -0.466 e. The van der Waals surface area contributed by atoms with Crippen LogP contribution in [0.2, 0.25) is 0 Å². The number of nitrogens with one attached hydrogen (secondary N) is 1. The summed E-state index contributed by atoms with van der Waals surface area (Å²) in [6.45, 7) is 4.99. The fraction of sp³-hybridized carbons (Fsp3) is 0.920. The molecule has 0 fully saturated rings. The van der Waals surface area contributed by atoms with E-state index in [9.17, 15) is 19.8 Å². The summed E-state index contributed by atoms with van der Waals surface area (Å²) in [4.78, 5) is 24.6. The lowest BCUT2D eigenvalue weighted by Gasteiger charge is -2.22. The van der Waals surface area contributed by atoms with Crippen molar-refractivity contribution >= 4 is 11.9 Å². The second-order valence-electron chi connectivity index (χ2n) is 25.6. The highest BCUT2D eigenvalue weighted by molar-refractivity contribution is 5.76. The van der Waals surface area contributed by atoms with Crippen LogP contribution in [0.5, 0.6) is 0 Å². The van der Waals surface area contributed by atoms with E-state index in [0.29, 0.717) is 25.9 Å². The molecule has 0 aliphatic heterocycles. The van der Waals surface area contributed by atoms with E-state index >= 15 is 0 Å². The molecule has 0 aromatic rings. The average Bonchev–Trinajstić information content (AvgIpc) is 3.47. The third-order valence-corrected chi connectivity index (χ3v) is 17.5. The lowest BCUT2D eigenvalue weighted by atomic mass is 10.0. The molecule has 6 heteroatoms. The van der Waals surface area contributed by atoms with Crippen molar-refractivity contribution in [1.82, 2.24) is 5.32 Å². The van der Waals surface area contributed by atoms with Gasteiger partial charge in [0.05, 0.1) is 25.4 Å². The van der Waals surface area contributed by atoms with Crippen molar-refractivity contribution in [3.05, 3.63) is 24.3 Å². The van der Waals surface area contributed by atoms with Crippen LogP contribution in [0.15, 0.2) is 24.3 Å². The van der Waals surface area contributed by atoms with Crippen LogP contribution in [0, 0.1) is 0 Å². The molecule has 2 unspecified atom stereocenters. The van der Waals surface area contributed by atoms with Gasteiger partial charge in [-0.15, -0.1) is 0 Å². The van der Waals surface area contributed by atoms with Crippen LogP contribution in [0.3, 0.4) is 0 Å². The Morgan fingerprint density at radius 2 is 0.580 bits per heavy atom. The second-order valence-corrected chi connectivity index (χ2v) is 25.6. The molecule has 0 spiro atoms. The lowest BCUT2D eigenvalue weighted by Crippen LogP contribution is -2.45. The van der Waals surface area contributed by atoms with E-state index in [-0.39, 0.29) is 18.5 Å². The van der Waals surface area contributed by atoms with Crippen molar-refractivity contribution < 1.29 is 24.5 Å². The smallest absolute Gasteiger partial charge is 0.305 e. The summed E-state index contributed by atoms with van der Waals surface area (Å²) in [5.74, 6) is -0.0202. The van der Waals surface area contributed by atoms with Gasteiger partial charge in [-0.05, 0) is 77.0 Å². The predicted molar refractivity (Wildman–Crippen MR) is 356 cm³/mol. The number of hydrogen-bond acceptors (Lipinski definition) is 5. The van der Waals surface area contributed by atoms with Crippen molar-refractivity contribution in [2.24, 2.45) is 0 Å². The van der Waals surface area contributed by atoms with E-state index in [4.69, 9.17) is 4.74 Å². The van der Waals surface area contributed by atoms with Crippen LogP contribution in [0.25, 0.3) is 0 Å². The van der Waals surface area contributed by atoms with Gasteiger partial charge >= 0.3 is 5.97 Å². The van der Waals surface area contributed by atoms with E-state index in [1.165, 1.54) is 340 Å². The Morgan fingerprint density at radius 1 is 0.333 bits per heavy atom. The van der Waals surface area contributed by atoms with Crippen molar-refractivity contribution in [1.29, 1.82) is 0 Å². The first-order valence-electron chi connectivity index (χ1n) is 37.1. The summed E-state index contributed by atoms with van der Waals surface area (Å²) in [5.41, 5.74) is 0. The first kappa shape index (κ1) is 79.3. The van der Waals surface area contributed by atoms with Crippen LogP contribution < -0.4 is 5.32 Å². The molecule has 0 aromatic carbocycles. The number of rotatable bonds is 70. The Bertz CT molecular complexity index is 1270. The number of esters is 1. The number of aliphatic hydroxyl groups excluding tert-OH is 2. The molecule has 0 bridgehead atoms. The molecular weight excluding hydrogens is 995 g/mol. The van der Waals surface area contributed by atoms with Crippen LogP contribution in [-0.2, 0) is 14.3 Å². The molecule has 1 amide bonds. The van der Waals surface area contributed by atoms with E-state index in [1.54, 1.807) is 0 Å². The fourth-order valence-electron chi connectivity index (χ4n) is 11.8. The summed E-state index contributed by atoms with van der Waals surface area (Å²) in [6, 6.07) is -0.542. The number of amides is 1. The molecule has 0 saturated carbocycles. The molecule has 0 aromatic heterocycles. The van der Waals surface area contributed by atoms with E-state index in [1.807, 2.05) is 0 Å². The third-order valence-electron chi connectivity index (χ3n) is 17.5. The number of carbonyl (C=O) groups excluding carboxylic acids is 2. The van der Waals surface area contributed by atoms with Gasteiger partial charge in [0, 0.05) is 12.8 Å². The van der Waals surface area contributed by atoms with Crippen LogP contribution in [0.4, 0.5) is 0 Å². The van der Waals surface area contributed by atoms with E-state index in [0.717, 1.165) is 44.9 Å². The number of unbranched alkanes of at least 4 members (excludes halogenated alkanes) is 55. The minimum absolute atomic E-state index is 0.00943. The Hall–Kier alpha value is -1.66. The Morgan fingerprint density at radius 3 is 0.877 bits per heavy atom. The van der Waals surface area contributed by atoms with Gasteiger partial charge in [0.2, 0.25) is 5.91 Å². The minimum atomic E-state index is -0.664. The number of carbonyl (C=O) groups is 2. The van der Waals surface area contributed by atoms with Crippen molar-refractivity contribution in [3.8, 4) is 0 Å². The summed E-state index contributed by atoms with van der Waals surface area (Å²) in [6.07, 6.45) is 89.5. The number of aliphatic hydroxyl groups is 2. The molecule has 0 rings (SSSR count). The molecule has 0 radical (unpaired) electrons. The molecule has 81 heavy (non-hydrogen) atoms. The SMILES string of the molecule is CCCCCCCC/C=C\CCCCCCCC(=O)OCCCCCCCCCCCCCC/C=C\CCCCCCCCCCCCCCCC(=O)NC(CO)C(O)CCCCCCCCCCCCCCCCCCCCCC. The number of allylic oxidation sites excluding steroid dienone is 4. The van der Waals surface area contributed by atoms with Gasteiger partial charge in [-0.25, -0.2) is 0 Å². The normalized spacial score (nSPS) is 12.6. The first-order valence-corrected chi connectivity index (χ1v) is 37.1. The number of ether oxygens (including phenoxy) is 1. The summed E-state index contributed by atoms with van der Waals surface area (Å²) in [7, 11) is 0. The van der Waals surface area contributed by atoms with Gasteiger partial charge in [0.25, 0.3) is 0 Å². The highest BCUT2D eigenvalue weighted by Gasteiger charge is 2.20. The molecule has 480 valence electrons. The van der Waals surface area contributed by atoms with Crippen LogP contribution >= 0.6 is 0 Å². The maximum Gasteiger partial charge on any atom is 0.305 e. The van der Waals surface area contributed by atoms with Gasteiger partial charge in [0.1, 0.15) is 0 Å². The van der Waals surface area contributed by atoms with Gasteiger partial charge < -0.3 is 20.3 Å². The average molecular weight is 1140 g/mol. The molecule has 0 aliphatic carbocycles. The van der Waals surface area contributed by atoms with Gasteiger partial charge in [-0.1, -0.05) is 353 Å². The largest absolute Gasteiger partial charge is 0.466 e. The van der Waals surface area contributed by atoms with Gasteiger partial charge in [0.15, 0.2) is 0 Å². The van der Waals surface area contributed by atoms with Crippen molar-refractivity contribution in [2.75, 3.05) is 13.2 Å². The zero-order chi connectivity index (χ0) is 58.5. The monoisotopic (exact) mass is 1140 g/mol. The predicted octanol–water partition coefficient (Wildman–Crippen LogP) is 24.1. The summed E-state index contributed by atoms with van der Waals surface area (Å²) < 4.78 is 5.49. The maximum absolute atomic E-state index is 12.5. The second kappa shape index (κ2) is 70.8. The van der Waals surface area contributed by atoms with Crippen LogP contribution in [0.1, 0.15) is 418 Å². The Balaban J connectivity index is 3.37. The molecule has 0 heterocycles. The van der Waals surface area contributed by atoms with E-state index < -0.39 is 12.1 Å². The molecular formula is C75H145NO5. The zero-order valence-electron chi connectivity index (χ0n) is 55.0. The fourth-order valence-corrected chi connectivity index (χ4v) is 11.8. The maximum atomic E-state index is 12.5. The van der Waals surface area contributed by atoms with Gasteiger partial charge in [-0.2, -0.15) is 0 Å². The quantitative estimate of drug-likeness (QED) is 0.0320. The standard InChI is InChI=1S/C75H145NO5/c1-3-5-7-9-11-13-15-17-19-20-21-33-36-40-43-47-51-55-59-63-67-73(78)72(71-77)76-74(79)68-64-60-56-52-48-44-41-37-34-31-29-27-25-23-22-24-26-28-30-32-35-38-42-46-50-54-58-62-66-70-81-75(80)69-65-61-57-53-49-45-39-18-16-14-12-10-8-6-4-2/h18,22,24,39,72-73,77-78H,3-17,19-21,23,25-38,40-71H2,1-2H3,(H,76,79)/b24-22-,39-18-. The Kier molecular flexibility index (Phi) is 69.4. The molecule has 0 aliphatic rings. The first-order chi connectivity index (χ1) is 40.0. The third kappa shape index (κ3) is 67.3. The molecule has 0 saturated heterocycles. The molecule has 6 nitrogen and oxygen atoms in total. The molecule has 2 atom stereocenters.